The van der Waals surface area contributed by atoms with E-state index in [2.05, 4.69) is 62.5 Å². The molecule has 3 rings (SSSR count). The highest BCUT2D eigenvalue weighted by molar-refractivity contribution is 7.80. The summed E-state index contributed by atoms with van der Waals surface area (Å²) in [6.45, 7) is -0.550. The number of benzene rings is 2. The zero-order valence-corrected chi connectivity index (χ0v) is 42.7. The minimum absolute atomic E-state index is 0.00537. The topological polar surface area (TPSA) is 434 Å². The van der Waals surface area contributed by atoms with Gasteiger partial charge in [0.15, 0.2) is 0 Å². The molecule has 0 saturated carbocycles. The van der Waals surface area contributed by atoms with Crippen LogP contribution < -0.4 is 54.4 Å². The highest BCUT2D eigenvalue weighted by atomic mass is 32.1. The number of thiol groups is 2. The van der Waals surface area contributed by atoms with Crippen molar-refractivity contribution in [1.82, 2.24) is 42.1 Å². The van der Waals surface area contributed by atoms with Crippen LogP contribution in [-0.4, -0.2) is 170 Å². The number of phenolic OH excluding ortho intramolecular Hbond substituents is 2. The third-order valence-corrected chi connectivity index (χ3v) is 12.5. The highest BCUT2D eigenvalue weighted by Gasteiger charge is 2.39. The lowest BCUT2D eigenvalue weighted by Crippen LogP contribution is -2.59. The second kappa shape index (κ2) is 31.5. The van der Waals surface area contributed by atoms with Crippen molar-refractivity contribution in [1.29, 1.82) is 0 Å². The molecule has 2 aromatic carbocycles. The maximum absolute atomic E-state index is 14.2. The van der Waals surface area contributed by atoms with Gasteiger partial charge in [0.1, 0.15) is 53.8 Å². The van der Waals surface area contributed by atoms with Crippen LogP contribution in [0.2, 0.25) is 0 Å². The number of primary amides is 1. The Kier molecular flexibility index (Phi) is 26.1. The van der Waals surface area contributed by atoms with E-state index in [-0.39, 0.29) is 74.6 Å². The highest BCUT2D eigenvalue weighted by Crippen LogP contribution is 2.21. The van der Waals surface area contributed by atoms with Crippen molar-refractivity contribution in [2.45, 2.75) is 119 Å². The van der Waals surface area contributed by atoms with Crippen molar-refractivity contribution in [3.05, 3.63) is 59.7 Å². The zero-order valence-electron chi connectivity index (χ0n) is 40.9. The number of phenols is 2. The van der Waals surface area contributed by atoms with Crippen LogP contribution in [-0.2, 0) is 65.6 Å². The summed E-state index contributed by atoms with van der Waals surface area (Å²) < 4.78 is 0. The van der Waals surface area contributed by atoms with Gasteiger partial charge in [0.05, 0.1) is 12.6 Å². The fourth-order valence-electron chi connectivity index (χ4n) is 7.68. The van der Waals surface area contributed by atoms with E-state index >= 15 is 0 Å². The summed E-state index contributed by atoms with van der Waals surface area (Å²) in [4.78, 5) is 145. The summed E-state index contributed by atoms with van der Waals surface area (Å²) in [6, 6.07) is 0.694. The number of hydrogen-bond acceptors (Lipinski definition) is 17. The molecule has 0 radical (unpaired) electrons. The van der Waals surface area contributed by atoms with Crippen LogP contribution in [0.1, 0.15) is 68.9 Å². The molecular weight excluding hydrogens is 1020 g/mol. The third-order valence-electron chi connectivity index (χ3n) is 11.8. The van der Waals surface area contributed by atoms with Crippen LogP contribution in [0.4, 0.5) is 0 Å². The molecule has 2 aromatic rings. The van der Waals surface area contributed by atoms with Crippen molar-refractivity contribution in [3.63, 3.8) is 0 Å². The van der Waals surface area contributed by atoms with Gasteiger partial charge in [0.2, 0.25) is 53.2 Å². The number of carbonyl (C=O) groups excluding carboxylic acids is 9. The largest absolute Gasteiger partial charge is 0.508 e. The smallest absolute Gasteiger partial charge is 0.326 e. The van der Waals surface area contributed by atoms with Crippen molar-refractivity contribution in [2.24, 2.45) is 17.2 Å². The number of carboxylic acids is 2. The van der Waals surface area contributed by atoms with Crippen LogP contribution in [0, 0.1) is 0 Å². The summed E-state index contributed by atoms with van der Waals surface area (Å²) >= 11 is 8.30. The predicted octanol–water partition coefficient (Wildman–Crippen LogP) is -3.57. The minimum atomic E-state index is -1.53. The molecule has 8 atom stereocenters. The van der Waals surface area contributed by atoms with Gasteiger partial charge in [-0.05, 0) is 93.3 Å². The van der Waals surface area contributed by atoms with E-state index in [4.69, 9.17) is 17.2 Å². The van der Waals surface area contributed by atoms with E-state index in [0.717, 1.165) is 4.90 Å². The number of amides is 9. The third kappa shape index (κ3) is 21.3. The average molecular weight is 1090 g/mol. The van der Waals surface area contributed by atoms with Gasteiger partial charge < -0.3 is 79.7 Å². The number of nitrogens with one attached hydrogen (secondary N) is 7. The molecular formula is C47H67N11O15S2. The van der Waals surface area contributed by atoms with Crippen LogP contribution in [0.5, 0.6) is 11.5 Å². The first kappa shape index (κ1) is 62.1. The molecule has 1 aliphatic rings. The number of nitrogens with zero attached hydrogens (tertiary/aromatic N) is 1. The Labute approximate surface area is 442 Å². The second-order valence-electron chi connectivity index (χ2n) is 17.6. The van der Waals surface area contributed by atoms with Crippen molar-refractivity contribution in [2.75, 3.05) is 31.1 Å². The summed E-state index contributed by atoms with van der Waals surface area (Å²) in [7, 11) is 0. The molecule has 412 valence electrons. The molecule has 26 nitrogen and oxygen atoms in total. The number of hydrogen-bond donors (Lipinski definition) is 16. The molecule has 0 aliphatic carbocycles. The van der Waals surface area contributed by atoms with Crippen LogP contribution in [0.25, 0.3) is 0 Å². The Bertz CT molecular complexity index is 2330. The number of aliphatic carboxylic acids is 2. The molecule has 75 heavy (non-hydrogen) atoms. The molecule has 0 bridgehead atoms. The van der Waals surface area contributed by atoms with Crippen molar-refractivity contribution < 1.29 is 73.2 Å². The molecule has 1 aliphatic heterocycles. The number of aromatic hydroxyl groups is 2. The minimum Gasteiger partial charge on any atom is -0.508 e. The monoisotopic (exact) mass is 1090 g/mol. The van der Waals surface area contributed by atoms with E-state index in [1.54, 1.807) is 12.1 Å². The van der Waals surface area contributed by atoms with Gasteiger partial charge >= 0.3 is 11.9 Å². The van der Waals surface area contributed by atoms with Crippen LogP contribution in [0.15, 0.2) is 48.5 Å². The number of nitrogens with two attached hydrogens (primary N) is 3. The molecule has 1 heterocycles. The van der Waals surface area contributed by atoms with E-state index in [1.807, 2.05) is 0 Å². The SMILES string of the molecule is NCCCCC(NC(=O)C(CS)NC(=O)C(N)Cc1ccc(O)cc1)C(=O)NC(CCC(=O)O)C(=O)N1CCCC1C(=O)NCC(=O)NC(CCC(N)=O)C(=O)NC(CS)C(=O)NC(Cc1ccc(O)cc1)C(=O)O. The molecule has 17 N–H and O–H groups in total. The number of unbranched alkanes of at least 4 members (excludes halogenated alkanes) is 1. The van der Waals surface area contributed by atoms with E-state index in [9.17, 15) is 73.2 Å². The molecule has 0 spiro atoms. The first-order valence-electron chi connectivity index (χ1n) is 23.9. The van der Waals surface area contributed by atoms with Gasteiger partial charge in [-0.15, -0.1) is 0 Å². The molecule has 0 aromatic heterocycles. The lowest BCUT2D eigenvalue weighted by atomic mass is 10.0. The van der Waals surface area contributed by atoms with Crippen molar-refractivity contribution in [3.8, 4) is 11.5 Å². The lowest BCUT2D eigenvalue weighted by molar-refractivity contribution is -0.143. The number of rotatable bonds is 32. The lowest BCUT2D eigenvalue weighted by Gasteiger charge is -2.30. The van der Waals surface area contributed by atoms with Gasteiger partial charge in [0, 0.05) is 37.3 Å². The van der Waals surface area contributed by atoms with Crippen molar-refractivity contribution >= 4 is 90.4 Å². The standard InChI is InChI=1S/C47H67N11O15S2/c48-18-2-1-4-30(53-43(68)34(23-74)56-40(65)29(49)20-25-6-10-27(59)11-7-25)41(66)54-32(15-17-39(63)64)46(71)58-19-3-5-36(58)45(70)51-22-38(62)52-31(14-16-37(50)61)42(67)57-35(24-75)44(69)55-33(47(72)73)21-26-8-12-28(60)13-9-26/h6-13,29-36,59-60,74-75H,1-5,14-24,48-49H2,(H2,50,61)(H,51,70)(H,52,62)(H,53,68)(H,54,66)(H,55,69)(H,56,65)(H,57,67)(H,63,64)(H,72,73). The Morgan fingerprint density at radius 1 is 0.613 bits per heavy atom. The fourth-order valence-corrected chi connectivity index (χ4v) is 8.19. The molecule has 9 amide bonds. The number of carbonyl (C=O) groups is 11. The van der Waals surface area contributed by atoms with Gasteiger partial charge in [-0.2, -0.15) is 25.3 Å². The summed E-state index contributed by atoms with van der Waals surface area (Å²) in [5.74, 6) is -11.2. The van der Waals surface area contributed by atoms with Crippen LogP contribution in [0.3, 0.4) is 0 Å². The molecule has 8 unspecified atom stereocenters. The number of carboxylic acid groups (broad SMARTS) is 2. The molecule has 28 heteroatoms. The van der Waals surface area contributed by atoms with Gasteiger partial charge in [0.25, 0.3) is 0 Å². The quantitative estimate of drug-likeness (QED) is 0.0249. The van der Waals surface area contributed by atoms with Gasteiger partial charge in [-0.1, -0.05) is 24.3 Å². The Hall–Kier alpha value is -7.17. The Morgan fingerprint density at radius 2 is 1.09 bits per heavy atom. The first-order valence-corrected chi connectivity index (χ1v) is 25.2. The summed E-state index contributed by atoms with van der Waals surface area (Å²) in [6.07, 6.45) is -0.815. The maximum Gasteiger partial charge on any atom is 0.326 e. The molecule has 1 saturated heterocycles. The number of likely N-dealkylation sites (tertiary alicyclic amines) is 1. The normalized spacial score (nSPS) is 15.8. The van der Waals surface area contributed by atoms with E-state index in [0.29, 0.717) is 24.0 Å². The average Bonchev–Trinajstić information content (AvgIpc) is 3.87. The van der Waals surface area contributed by atoms with E-state index < -0.39 is 139 Å². The second-order valence-corrected chi connectivity index (χ2v) is 18.3. The Balaban J connectivity index is 1.69. The fraction of sp³-hybridized carbons (Fsp3) is 0.511. The first-order chi connectivity index (χ1) is 35.6. The van der Waals surface area contributed by atoms with Gasteiger partial charge in [-0.25, -0.2) is 4.79 Å². The predicted molar refractivity (Wildman–Crippen MR) is 274 cm³/mol. The Morgan fingerprint density at radius 3 is 1.61 bits per heavy atom. The summed E-state index contributed by atoms with van der Waals surface area (Å²) in [5.41, 5.74) is 18.1. The summed E-state index contributed by atoms with van der Waals surface area (Å²) in [5, 5.41) is 55.4. The maximum atomic E-state index is 14.2. The van der Waals surface area contributed by atoms with Crippen LogP contribution >= 0.6 is 25.3 Å². The van der Waals surface area contributed by atoms with Gasteiger partial charge in [-0.3, -0.25) is 47.9 Å². The molecule has 1 fully saturated rings. The zero-order chi connectivity index (χ0) is 55.8. The van der Waals surface area contributed by atoms with E-state index in [1.165, 1.54) is 36.4 Å².